The van der Waals surface area contributed by atoms with E-state index in [9.17, 15) is 26.9 Å². The van der Waals surface area contributed by atoms with Crippen LogP contribution >= 0.6 is 0 Å². The summed E-state index contributed by atoms with van der Waals surface area (Å²) in [5.41, 5.74) is 0.335. The number of anilines is 1. The average molecular weight is 462 g/mol. The number of nitro groups is 1. The third-order valence-corrected chi connectivity index (χ3v) is 7.66. The van der Waals surface area contributed by atoms with Gasteiger partial charge in [0.05, 0.1) is 9.82 Å². The molecule has 3 aromatic carbocycles. The predicted octanol–water partition coefficient (Wildman–Crippen LogP) is 3.22. The lowest BCUT2D eigenvalue weighted by molar-refractivity contribution is -0.387. The van der Waals surface area contributed by atoms with Crippen molar-refractivity contribution in [2.45, 2.75) is 16.3 Å². The van der Waals surface area contributed by atoms with Crippen molar-refractivity contribution in [3.8, 4) is 0 Å². The highest BCUT2D eigenvalue weighted by molar-refractivity contribution is 7.93. The summed E-state index contributed by atoms with van der Waals surface area (Å²) in [6.45, 7) is 0.176. The van der Waals surface area contributed by atoms with Gasteiger partial charge in [-0.25, -0.2) is 16.8 Å². The lowest BCUT2D eigenvalue weighted by Gasteiger charge is -2.17. The Balaban J connectivity index is 1.81. The number of para-hydroxylation sites is 1. The first-order valence-corrected chi connectivity index (χ1v) is 11.9. The molecule has 0 heterocycles. The molecule has 0 atom stereocenters. The Kier molecular flexibility index (Phi) is 6.39. The zero-order valence-corrected chi connectivity index (χ0v) is 18.0. The average Bonchev–Trinajstić information content (AvgIpc) is 2.74. The molecule has 0 radical (unpaired) electrons. The van der Waals surface area contributed by atoms with E-state index in [1.54, 1.807) is 0 Å². The summed E-state index contributed by atoms with van der Waals surface area (Å²) in [6.07, 6.45) is 0. The topological polar surface area (TPSA) is 127 Å². The van der Waals surface area contributed by atoms with Gasteiger partial charge in [0.2, 0.25) is 10.0 Å². The maximum absolute atomic E-state index is 12.8. The van der Waals surface area contributed by atoms with E-state index in [-0.39, 0.29) is 17.1 Å². The van der Waals surface area contributed by atoms with Crippen molar-refractivity contribution in [1.29, 1.82) is 0 Å². The SMILES string of the molecule is CN(Cc1ccccc1)S(=O)(=O)c1ccc(NS(=O)(=O)c2ccccc2[N+](=O)[O-])cc1. The summed E-state index contributed by atoms with van der Waals surface area (Å²) in [5.74, 6) is 0. The molecule has 0 saturated carbocycles. The zero-order valence-electron chi connectivity index (χ0n) is 16.4. The van der Waals surface area contributed by atoms with Crippen molar-refractivity contribution in [3.05, 3.63) is 94.5 Å². The Morgan fingerprint density at radius 2 is 1.45 bits per heavy atom. The molecule has 0 unspecified atom stereocenters. The van der Waals surface area contributed by atoms with Crippen LogP contribution in [0.3, 0.4) is 0 Å². The van der Waals surface area contributed by atoms with E-state index in [2.05, 4.69) is 4.72 Å². The quantitative estimate of drug-likeness (QED) is 0.405. The fraction of sp³-hybridized carbons (Fsp3) is 0.100. The highest BCUT2D eigenvalue weighted by atomic mass is 32.2. The first-order valence-electron chi connectivity index (χ1n) is 8.98. The second kappa shape index (κ2) is 8.84. The molecule has 0 spiro atoms. The van der Waals surface area contributed by atoms with E-state index in [1.165, 1.54) is 47.8 Å². The number of nitrogens with one attached hydrogen (secondary N) is 1. The second-order valence-electron chi connectivity index (χ2n) is 6.60. The van der Waals surface area contributed by atoms with Crippen LogP contribution < -0.4 is 4.72 Å². The molecule has 0 aliphatic heterocycles. The number of benzene rings is 3. The Morgan fingerprint density at radius 3 is 2.06 bits per heavy atom. The van der Waals surface area contributed by atoms with E-state index < -0.39 is 35.6 Å². The summed E-state index contributed by atoms with van der Waals surface area (Å²) in [7, 11) is -6.59. The molecule has 3 aromatic rings. The number of rotatable bonds is 8. The molecule has 0 fully saturated rings. The van der Waals surface area contributed by atoms with Crippen LogP contribution in [0.4, 0.5) is 11.4 Å². The Hall–Kier alpha value is -3.28. The second-order valence-corrected chi connectivity index (χ2v) is 10.3. The van der Waals surface area contributed by atoms with Gasteiger partial charge in [0.25, 0.3) is 15.7 Å². The van der Waals surface area contributed by atoms with Gasteiger partial charge in [-0.15, -0.1) is 0 Å². The van der Waals surface area contributed by atoms with E-state index in [4.69, 9.17) is 0 Å². The molecule has 11 heteroatoms. The van der Waals surface area contributed by atoms with Crippen LogP contribution in [0.25, 0.3) is 0 Å². The van der Waals surface area contributed by atoms with Gasteiger partial charge in [0, 0.05) is 25.3 Å². The number of nitro benzene ring substituents is 1. The van der Waals surface area contributed by atoms with E-state index in [0.717, 1.165) is 17.7 Å². The van der Waals surface area contributed by atoms with Crippen LogP contribution in [-0.4, -0.2) is 33.1 Å². The molecule has 0 aliphatic rings. The van der Waals surface area contributed by atoms with E-state index in [1.807, 2.05) is 30.3 Å². The number of hydrogen-bond acceptors (Lipinski definition) is 6. The highest BCUT2D eigenvalue weighted by Gasteiger charge is 2.26. The van der Waals surface area contributed by atoms with Crippen LogP contribution in [0, 0.1) is 10.1 Å². The first-order chi connectivity index (χ1) is 14.6. The van der Waals surface area contributed by atoms with Crippen LogP contribution in [0.15, 0.2) is 88.7 Å². The van der Waals surface area contributed by atoms with Crippen molar-refractivity contribution >= 4 is 31.4 Å². The largest absolute Gasteiger partial charge is 0.289 e. The molecular weight excluding hydrogens is 442 g/mol. The monoisotopic (exact) mass is 461 g/mol. The van der Waals surface area contributed by atoms with Gasteiger partial charge in [0.1, 0.15) is 0 Å². The van der Waals surface area contributed by atoms with Crippen molar-refractivity contribution in [3.63, 3.8) is 0 Å². The van der Waals surface area contributed by atoms with Gasteiger partial charge in [-0.05, 0) is 35.9 Å². The normalized spacial score (nSPS) is 11.9. The maximum atomic E-state index is 12.8. The minimum absolute atomic E-state index is 0.0143. The minimum Gasteiger partial charge on any atom is -0.279 e. The molecular formula is C20H19N3O6S2. The molecule has 9 nitrogen and oxygen atoms in total. The Morgan fingerprint density at radius 1 is 0.871 bits per heavy atom. The first kappa shape index (κ1) is 22.4. The summed E-state index contributed by atoms with van der Waals surface area (Å²) in [6, 6.07) is 19.2. The van der Waals surface area contributed by atoms with Gasteiger partial charge in [-0.3, -0.25) is 14.8 Å². The summed E-state index contributed by atoms with van der Waals surface area (Å²) < 4.78 is 54.2. The van der Waals surface area contributed by atoms with Crippen molar-refractivity contribution in [2.24, 2.45) is 0 Å². The van der Waals surface area contributed by atoms with E-state index >= 15 is 0 Å². The summed E-state index contributed by atoms with van der Waals surface area (Å²) in [5, 5.41) is 11.1. The molecule has 3 rings (SSSR count). The summed E-state index contributed by atoms with van der Waals surface area (Å²) >= 11 is 0. The molecule has 31 heavy (non-hydrogen) atoms. The summed E-state index contributed by atoms with van der Waals surface area (Å²) in [4.78, 5) is 9.83. The number of hydrogen-bond donors (Lipinski definition) is 1. The van der Waals surface area contributed by atoms with Crippen LogP contribution in [-0.2, 0) is 26.6 Å². The van der Waals surface area contributed by atoms with E-state index in [0.29, 0.717) is 0 Å². The molecule has 0 aliphatic carbocycles. The molecule has 0 bridgehead atoms. The predicted molar refractivity (Wildman–Crippen MR) is 115 cm³/mol. The van der Waals surface area contributed by atoms with Gasteiger partial charge < -0.3 is 0 Å². The van der Waals surface area contributed by atoms with Crippen molar-refractivity contribution < 1.29 is 21.8 Å². The Bertz CT molecular complexity index is 1290. The third kappa shape index (κ3) is 5.08. The van der Waals surface area contributed by atoms with Crippen molar-refractivity contribution in [1.82, 2.24) is 4.31 Å². The van der Waals surface area contributed by atoms with Gasteiger partial charge in [-0.2, -0.15) is 4.31 Å². The number of nitrogens with zero attached hydrogens (tertiary/aromatic N) is 2. The van der Waals surface area contributed by atoms with Gasteiger partial charge >= 0.3 is 0 Å². The molecule has 162 valence electrons. The molecule has 0 amide bonds. The lowest BCUT2D eigenvalue weighted by atomic mass is 10.2. The van der Waals surface area contributed by atoms with Crippen LogP contribution in [0.2, 0.25) is 0 Å². The molecule has 0 saturated heterocycles. The smallest absolute Gasteiger partial charge is 0.279 e. The lowest BCUT2D eigenvalue weighted by Crippen LogP contribution is -2.26. The minimum atomic E-state index is -4.25. The maximum Gasteiger partial charge on any atom is 0.289 e. The fourth-order valence-electron chi connectivity index (χ4n) is 2.85. The Labute approximate surface area is 180 Å². The number of sulfonamides is 2. The zero-order chi connectivity index (χ0) is 22.6. The standard InChI is InChI=1S/C20H19N3O6S2/c1-22(15-16-7-3-2-4-8-16)31(28,29)18-13-11-17(12-14-18)21-30(26,27)20-10-6-5-9-19(20)23(24)25/h2-14,21H,15H2,1H3. The van der Waals surface area contributed by atoms with Crippen molar-refractivity contribution in [2.75, 3.05) is 11.8 Å². The molecule has 0 aromatic heterocycles. The van der Waals surface area contributed by atoms with Gasteiger partial charge in [0.15, 0.2) is 4.90 Å². The highest BCUT2D eigenvalue weighted by Crippen LogP contribution is 2.26. The third-order valence-electron chi connectivity index (χ3n) is 4.41. The fourth-order valence-corrected chi connectivity index (χ4v) is 5.24. The van der Waals surface area contributed by atoms with Crippen LogP contribution in [0.5, 0.6) is 0 Å². The van der Waals surface area contributed by atoms with Crippen LogP contribution in [0.1, 0.15) is 5.56 Å². The van der Waals surface area contributed by atoms with Gasteiger partial charge in [-0.1, -0.05) is 42.5 Å². The molecule has 1 N–H and O–H groups in total.